The van der Waals surface area contributed by atoms with Crippen molar-refractivity contribution in [1.29, 1.82) is 0 Å². The molecule has 3 rings (SSSR count). The molecule has 104 valence electrons. The second-order valence-electron chi connectivity index (χ2n) is 5.16. The van der Waals surface area contributed by atoms with E-state index in [1.807, 2.05) is 25.1 Å². The van der Waals surface area contributed by atoms with Crippen LogP contribution in [-0.2, 0) is 0 Å². The first-order valence-electron chi connectivity index (χ1n) is 7.01. The summed E-state index contributed by atoms with van der Waals surface area (Å²) in [6.07, 6.45) is 0. The van der Waals surface area contributed by atoms with E-state index >= 15 is 0 Å². The third kappa shape index (κ3) is 3.06. The average Bonchev–Trinajstić information content (AvgIpc) is 2.52. The molecule has 0 aromatic heterocycles. The van der Waals surface area contributed by atoms with E-state index in [0.29, 0.717) is 0 Å². The molecule has 0 aliphatic heterocycles. The van der Waals surface area contributed by atoms with Crippen molar-refractivity contribution in [2.45, 2.75) is 6.92 Å². The van der Waals surface area contributed by atoms with Gasteiger partial charge in [-0.15, -0.1) is 0 Å². The standard InChI is InChI=1S/C19H18N2/c1-14-7-12-19(18(20)13-14)21-17-10-8-16(9-11-17)15-5-3-2-4-6-15/h2-13,21H,20H2,1H3. The van der Waals surface area contributed by atoms with Crippen LogP contribution in [-0.4, -0.2) is 0 Å². The van der Waals surface area contributed by atoms with Gasteiger partial charge in [0, 0.05) is 5.69 Å². The molecule has 0 saturated heterocycles. The van der Waals surface area contributed by atoms with E-state index in [9.17, 15) is 0 Å². The molecular weight excluding hydrogens is 256 g/mol. The molecule has 0 fully saturated rings. The van der Waals surface area contributed by atoms with Crippen molar-refractivity contribution in [3.05, 3.63) is 78.4 Å². The van der Waals surface area contributed by atoms with Crippen LogP contribution in [0.1, 0.15) is 5.56 Å². The van der Waals surface area contributed by atoms with E-state index in [0.717, 1.165) is 22.6 Å². The summed E-state index contributed by atoms with van der Waals surface area (Å²) in [6.45, 7) is 2.04. The molecule has 0 heterocycles. The number of nitrogens with one attached hydrogen (secondary N) is 1. The number of benzene rings is 3. The third-order valence-corrected chi connectivity index (χ3v) is 3.48. The van der Waals surface area contributed by atoms with E-state index in [4.69, 9.17) is 5.73 Å². The van der Waals surface area contributed by atoms with Gasteiger partial charge in [0.1, 0.15) is 0 Å². The zero-order chi connectivity index (χ0) is 14.7. The third-order valence-electron chi connectivity index (χ3n) is 3.48. The molecule has 3 N–H and O–H groups in total. The van der Waals surface area contributed by atoms with Crippen LogP contribution in [0.2, 0.25) is 0 Å². The highest BCUT2D eigenvalue weighted by Gasteiger charge is 2.01. The highest BCUT2D eigenvalue weighted by atomic mass is 14.9. The number of nitrogen functional groups attached to an aromatic ring is 1. The Bertz CT molecular complexity index is 731. The first-order valence-corrected chi connectivity index (χ1v) is 7.01. The summed E-state index contributed by atoms with van der Waals surface area (Å²) in [6, 6.07) is 24.8. The van der Waals surface area contributed by atoms with Gasteiger partial charge in [-0.05, 0) is 47.9 Å². The van der Waals surface area contributed by atoms with Crippen molar-refractivity contribution in [3.8, 4) is 11.1 Å². The Morgan fingerprint density at radius 3 is 2.10 bits per heavy atom. The van der Waals surface area contributed by atoms with Crippen molar-refractivity contribution < 1.29 is 0 Å². The number of hydrogen-bond acceptors (Lipinski definition) is 2. The van der Waals surface area contributed by atoms with Crippen LogP contribution in [0.15, 0.2) is 72.8 Å². The van der Waals surface area contributed by atoms with Crippen LogP contribution in [0.3, 0.4) is 0 Å². The van der Waals surface area contributed by atoms with Crippen LogP contribution in [0.5, 0.6) is 0 Å². The smallest absolute Gasteiger partial charge is 0.0618 e. The first-order chi connectivity index (χ1) is 10.2. The average molecular weight is 274 g/mol. The monoisotopic (exact) mass is 274 g/mol. The van der Waals surface area contributed by atoms with Gasteiger partial charge in [0.15, 0.2) is 0 Å². The molecule has 0 radical (unpaired) electrons. The summed E-state index contributed by atoms with van der Waals surface area (Å²) in [4.78, 5) is 0. The van der Waals surface area contributed by atoms with E-state index < -0.39 is 0 Å². The van der Waals surface area contributed by atoms with Crippen LogP contribution in [0.25, 0.3) is 11.1 Å². The second-order valence-corrected chi connectivity index (χ2v) is 5.16. The lowest BCUT2D eigenvalue weighted by molar-refractivity contribution is 1.45. The zero-order valence-corrected chi connectivity index (χ0v) is 12.0. The van der Waals surface area contributed by atoms with Gasteiger partial charge in [-0.25, -0.2) is 0 Å². The van der Waals surface area contributed by atoms with Crippen molar-refractivity contribution in [2.75, 3.05) is 11.1 Å². The number of rotatable bonds is 3. The van der Waals surface area contributed by atoms with Gasteiger partial charge < -0.3 is 11.1 Å². The van der Waals surface area contributed by atoms with Crippen molar-refractivity contribution in [1.82, 2.24) is 0 Å². The van der Waals surface area contributed by atoms with Gasteiger partial charge in [-0.2, -0.15) is 0 Å². The molecule has 3 aromatic carbocycles. The van der Waals surface area contributed by atoms with Crippen LogP contribution in [0.4, 0.5) is 17.1 Å². The summed E-state index contributed by atoms with van der Waals surface area (Å²) >= 11 is 0. The number of nitrogens with two attached hydrogens (primary N) is 1. The van der Waals surface area contributed by atoms with Gasteiger partial charge in [-0.1, -0.05) is 48.5 Å². The van der Waals surface area contributed by atoms with Crippen LogP contribution >= 0.6 is 0 Å². The number of anilines is 3. The molecule has 3 aromatic rings. The Kier molecular flexibility index (Phi) is 3.61. The summed E-state index contributed by atoms with van der Waals surface area (Å²) in [5.74, 6) is 0. The van der Waals surface area contributed by atoms with E-state index in [-0.39, 0.29) is 0 Å². The van der Waals surface area contributed by atoms with E-state index in [1.54, 1.807) is 0 Å². The summed E-state index contributed by atoms with van der Waals surface area (Å²) in [5.41, 5.74) is 12.4. The molecule has 0 atom stereocenters. The molecule has 0 aliphatic rings. The zero-order valence-electron chi connectivity index (χ0n) is 12.0. The van der Waals surface area contributed by atoms with Gasteiger partial charge >= 0.3 is 0 Å². The van der Waals surface area contributed by atoms with Gasteiger partial charge in [-0.3, -0.25) is 0 Å². The minimum Gasteiger partial charge on any atom is -0.397 e. The molecule has 0 saturated carbocycles. The molecule has 0 aliphatic carbocycles. The first kappa shape index (κ1) is 13.3. The van der Waals surface area contributed by atoms with Gasteiger partial charge in [0.25, 0.3) is 0 Å². The largest absolute Gasteiger partial charge is 0.397 e. The molecule has 0 unspecified atom stereocenters. The van der Waals surface area contributed by atoms with Crippen molar-refractivity contribution in [3.63, 3.8) is 0 Å². The quantitative estimate of drug-likeness (QED) is 0.660. The normalized spacial score (nSPS) is 10.3. The second kappa shape index (κ2) is 5.71. The Morgan fingerprint density at radius 1 is 0.762 bits per heavy atom. The maximum atomic E-state index is 6.03. The lowest BCUT2D eigenvalue weighted by Crippen LogP contribution is -1.96. The van der Waals surface area contributed by atoms with Gasteiger partial charge in [0.05, 0.1) is 11.4 Å². The maximum Gasteiger partial charge on any atom is 0.0618 e. The number of hydrogen-bond donors (Lipinski definition) is 2. The minimum atomic E-state index is 0.766. The van der Waals surface area contributed by atoms with E-state index in [1.165, 1.54) is 11.1 Å². The fourth-order valence-corrected chi connectivity index (χ4v) is 2.33. The topological polar surface area (TPSA) is 38.0 Å². The highest BCUT2D eigenvalue weighted by Crippen LogP contribution is 2.26. The molecule has 0 amide bonds. The van der Waals surface area contributed by atoms with Crippen LogP contribution in [0, 0.1) is 6.92 Å². The van der Waals surface area contributed by atoms with Crippen LogP contribution < -0.4 is 11.1 Å². The molecule has 21 heavy (non-hydrogen) atoms. The molecule has 0 bridgehead atoms. The SMILES string of the molecule is Cc1ccc(Nc2ccc(-c3ccccc3)cc2)c(N)c1. The lowest BCUT2D eigenvalue weighted by Gasteiger charge is -2.11. The van der Waals surface area contributed by atoms with E-state index in [2.05, 4.69) is 59.9 Å². The van der Waals surface area contributed by atoms with Crippen molar-refractivity contribution >= 4 is 17.1 Å². The maximum absolute atomic E-state index is 6.03. The molecular formula is C19H18N2. The Labute approximate surface area is 125 Å². The minimum absolute atomic E-state index is 0.766. The Balaban J connectivity index is 1.81. The Morgan fingerprint density at radius 2 is 1.43 bits per heavy atom. The highest BCUT2D eigenvalue weighted by molar-refractivity contribution is 5.74. The summed E-state index contributed by atoms with van der Waals surface area (Å²) in [7, 11) is 0. The van der Waals surface area contributed by atoms with Crippen molar-refractivity contribution in [2.24, 2.45) is 0 Å². The molecule has 0 spiro atoms. The number of aryl methyl sites for hydroxylation is 1. The fourth-order valence-electron chi connectivity index (χ4n) is 2.33. The Hall–Kier alpha value is -2.74. The summed E-state index contributed by atoms with van der Waals surface area (Å²) in [5, 5.41) is 3.35. The summed E-state index contributed by atoms with van der Waals surface area (Å²) < 4.78 is 0. The van der Waals surface area contributed by atoms with Gasteiger partial charge in [0.2, 0.25) is 0 Å². The predicted molar refractivity (Wildman–Crippen MR) is 90.8 cm³/mol. The molecule has 2 nitrogen and oxygen atoms in total. The lowest BCUT2D eigenvalue weighted by atomic mass is 10.1. The molecule has 2 heteroatoms. The fraction of sp³-hybridized carbons (Fsp3) is 0.0526. The predicted octanol–water partition coefficient (Wildman–Crippen LogP) is 4.99.